The Hall–Kier alpha value is -3.03. The van der Waals surface area contributed by atoms with Crippen LogP contribution in [0.4, 0.5) is 11.5 Å². The molecule has 3 N–H and O–H groups in total. The summed E-state index contributed by atoms with van der Waals surface area (Å²) in [5, 5.41) is 9.32. The molecule has 148 valence electrons. The number of hydrogen-bond acceptors (Lipinski definition) is 7. The van der Waals surface area contributed by atoms with Crippen LogP contribution < -0.4 is 10.6 Å². The van der Waals surface area contributed by atoms with Crippen molar-refractivity contribution in [1.82, 2.24) is 19.9 Å². The first-order chi connectivity index (χ1) is 14.0. The minimum Gasteiger partial charge on any atom is -0.397 e. The molecule has 0 bridgehead atoms. The lowest BCUT2D eigenvalue weighted by molar-refractivity contribution is 0.312. The van der Waals surface area contributed by atoms with Crippen molar-refractivity contribution in [1.29, 1.82) is 5.41 Å². The Morgan fingerprint density at radius 3 is 2.66 bits per heavy atom. The van der Waals surface area contributed by atoms with Gasteiger partial charge in [-0.25, -0.2) is 4.98 Å². The second-order valence-electron chi connectivity index (χ2n) is 7.07. The van der Waals surface area contributed by atoms with Crippen LogP contribution in [0.2, 0.25) is 5.02 Å². The number of likely N-dealkylation sites (N-methyl/N-ethyl adjacent to an activating group) is 1. The minimum atomic E-state index is 0.238. The van der Waals surface area contributed by atoms with E-state index in [1.165, 1.54) is 0 Å². The predicted molar refractivity (Wildman–Crippen MR) is 117 cm³/mol. The van der Waals surface area contributed by atoms with Gasteiger partial charge in [0.2, 0.25) is 0 Å². The van der Waals surface area contributed by atoms with E-state index in [0.29, 0.717) is 33.5 Å². The maximum absolute atomic E-state index is 8.73. The Morgan fingerprint density at radius 1 is 1.14 bits per heavy atom. The lowest BCUT2D eigenvalue weighted by Gasteiger charge is -2.33. The number of aromatic nitrogens is 3. The van der Waals surface area contributed by atoms with E-state index in [4.69, 9.17) is 27.7 Å². The summed E-state index contributed by atoms with van der Waals surface area (Å²) in [6.45, 7) is 3.60. The monoisotopic (exact) mass is 407 g/mol. The topological polar surface area (TPSA) is 95.0 Å². The summed E-state index contributed by atoms with van der Waals surface area (Å²) in [6.07, 6.45) is 5.02. The highest BCUT2D eigenvalue weighted by atomic mass is 35.5. The average Bonchev–Trinajstić information content (AvgIpc) is 2.75. The normalized spacial score (nSPS) is 14.8. The van der Waals surface area contributed by atoms with Crippen LogP contribution >= 0.6 is 11.6 Å². The Bertz CT molecular complexity index is 1030. The molecule has 29 heavy (non-hydrogen) atoms. The van der Waals surface area contributed by atoms with Crippen LogP contribution in [-0.2, 0) is 0 Å². The van der Waals surface area contributed by atoms with E-state index < -0.39 is 0 Å². The Labute approximate surface area is 174 Å². The van der Waals surface area contributed by atoms with Gasteiger partial charge in [-0.05, 0) is 37.4 Å². The van der Waals surface area contributed by atoms with Crippen LogP contribution in [0.25, 0.3) is 11.3 Å². The van der Waals surface area contributed by atoms with Crippen molar-refractivity contribution in [3.63, 3.8) is 0 Å². The molecule has 1 aliphatic heterocycles. The number of rotatable bonds is 4. The average molecular weight is 408 g/mol. The van der Waals surface area contributed by atoms with Gasteiger partial charge in [0, 0.05) is 49.7 Å². The van der Waals surface area contributed by atoms with Crippen molar-refractivity contribution in [3.05, 3.63) is 65.2 Å². The second kappa shape index (κ2) is 8.14. The smallest absolute Gasteiger partial charge is 0.148 e. The summed E-state index contributed by atoms with van der Waals surface area (Å²) in [6, 6.07) is 9.13. The van der Waals surface area contributed by atoms with Gasteiger partial charge in [-0.1, -0.05) is 11.6 Å². The summed E-state index contributed by atoms with van der Waals surface area (Å²) >= 11 is 6.42. The number of pyridine rings is 3. The van der Waals surface area contributed by atoms with E-state index in [2.05, 4.69) is 26.8 Å². The third kappa shape index (κ3) is 4.06. The fourth-order valence-electron chi connectivity index (χ4n) is 3.30. The number of halogens is 1. The molecule has 0 amide bonds. The molecule has 0 radical (unpaired) electrons. The molecule has 0 aliphatic carbocycles. The van der Waals surface area contributed by atoms with E-state index in [1.54, 1.807) is 36.8 Å². The van der Waals surface area contributed by atoms with Gasteiger partial charge < -0.3 is 15.5 Å². The van der Waals surface area contributed by atoms with Gasteiger partial charge in [-0.3, -0.25) is 15.4 Å². The maximum Gasteiger partial charge on any atom is 0.148 e. The first kappa shape index (κ1) is 19.3. The molecule has 0 saturated carbocycles. The molecule has 1 saturated heterocycles. The standard InChI is InChI=1S/C21H22ClN7/c1-28-7-9-29(10-8-28)21-16(22)4-5-18(27-21)20(24)15-11-19(26-13-17(15)23)14-3-2-6-25-12-14/h2-6,11-13,24H,7-10,23H2,1H3. The maximum atomic E-state index is 8.73. The Balaban J connectivity index is 1.67. The van der Waals surface area contributed by atoms with Crippen molar-refractivity contribution in [2.75, 3.05) is 43.9 Å². The molecule has 3 aromatic rings. The molecule has 4 rings (SSSR count). The molecule has 3 aromatic heterocycles. The molecule has 0 spiro atoms. The number of nitrogens with two attached hydrogens (primary N) is 1. The molecular formula is C21H22ClN7. The number of nitrogen functional groups attached to an aromatic ring is 1. The highest BCUT2D eigenvalue weighted by Crippen LogP contribution is 2.27. The number of hydrogen-bond donors (Lipinski definition) is 2. The lowest BCUT2D eigenvalue weighted by atomic mass is 10.0. The SMILES string of the molecule is CN1CCN(c2nc(C(=N)c3cc(-c4cccnc4)ncc3N)ccc2Cl)CC1. The van der Waals surface area contributed by atoms with Crippen molar-refractivity contribution in [3.8, 4) is 11.3 Å². The van der Waals surface area contributed by atoms with E-state index in [-0.39, 0.29) is 5.71 Å². The van der Waals surface area contributed by atoms with Gasteiger partial charge in [0.05, 0.1) is 34.0 Å². The molecule has 0 atom stereocenters. The minimum absolute atomic E-state index is 0.238. The summed E-state index contributed by atoms with van der Waals surface area (Å²) in [7, 11) is 2.10. The fourth-order valence-corrected chi connectivity index (χ4v) is 3.53. The summed E-state index contributed by atoms with van der Waals surface area (Å²) in [5.41, 5.74) is 9.49. The van der Waals surface area contributed by atoms with Crippen LogP contribution in [0.5, 0.6) is 0 Å². The van der Waals surface area contributed by atoms with E-state index in [0.717, 1.165) is 31.7 Å². The zero-order chi connectivity index (χ0) is 20.4. The highest BCUT2D eigenvalue weighted by molar-refractivity contribution is 6.33. The number of piperazine rings is 1. The Kier molecular flexibility index (Phi) is 5.42. The zero-order valence-electron chi connectivity index (χ0n) is 16.1. The van der Waals surface area contributed by atoms with Crippen molar-refractivity contribution in [2.24, 2.45) is 0 Å². The highest BCUT2D eigenvalue weighted by Gasteiger charge is 2.20. The summed E-state index contributed by atoms with van der Waals surface area (Å²) in [5.74, 6) is 0.710. The van der Waals surface area contributed by atoms with Gasteiger partial charge >= 0.3 is 0 Å². The van der Waals surface area contributed by atoms with E-state index >= 15 is 0 Å². The van der Waals surface area contributed by atoms with Gasteiger partial charge in [0.25, 0.3) is 0 Å². The van der Waals surface area contributed by atoms with Crippen LogP contribution in [0.15, 0.2) is 48.9 Å². The van der Waals surface area contributed by atoms with Gasteiger partial charge in [-0.15, -0.1) is 0 Å². The summed E-state index contributed by atoms with van der Waals surface area (Å²) < 4.78 is 0. The molecular weight excluding hydrogens is 386 g/mol. The first-order valence-electron chi connectivity index (χ1n) is 9.38. The van der Waals surface area contributed by atoms with E-state index in [9.17, 15) is 0 Å². The van der Waals surface area contributed by atoms with Crippen molar-refractivity contribution < 1.29 is 0 Å². The molecule has 1 fully saturated rings. The first-order valence-corrected chi connectivity index (χ1v) is 9.76. The number of anilines is 2. The third-order valence-corrected chi connectivity index (χ3v) is 5.34. The molecule has 0 aromatic carbocycles. The predicted octanol–water partition coefficient (Wildman–Crippen LogP) is 2.94. The quantitative estimate of drug-likeness (QED) is 0.645. The molecule has 7 nitrogen and oxygen atoms in total. The molecule has 0 unspecified atom stereocenters. The third-order valence-electron chi connectivity index (χ3n) is 5.05. The zero-order valence-corrected chi connectivity index (χ0v) is 16.9. The Morgan fingerprint density at radius 2 is 1.93 bits per heavy atom. The van der Waals surface area contributed by atoms with Gasteiger partial charge in [-0.2, -0.15) is 0 Å². The van der Waals surface area contributed by atoms with Crippen molar-refractivity contribution in [2.45, 2.75) is 0 Å². The second-order valence-corrected chi connectivity index (χ2v) is 7.47. The molecule has 8 heteroatoms. The lowest BCUT2D eigenvalue weighted by Crippen LogP contribution is -2.45. The molecule has 4 heterocycles. The van der Waals surface area contributed by atoms with Crippen LogP contribution in [-0.4, -0.2) is 58.8 Å². The van der Waals surface area contributed by atoms with Crippen LogP contribution in [0, 0.1) is 5.41 Å². The van der Waals surface area contributed by atoms with Crippen LogP contribution in [0.1, 0.15) is 11.3 Å². The van der Waals surface area contributed by atoms with E-state index in [1.807, 2.05) is 12.1 Å². The summed E-state index contributed by atoms with van der Waals surface area (Å²) in [4.78, 5) is 17.7. The van der Waals surface area contributed by atoms with Crippen molar-refractivity contribution >= 4 is 28.8 Å². The largest absolute Gasteiger partial charge is 0.397 e. The number of nitrogens with one attached hydrogen (secondary N) is 1. The number of nitrogens with zero attached hydrogens (tertiary/aromatic N) is 5. The fraction of sp³-hybridized carbons (Fsp3) is 0.238. The molecule has 1 aliphatic rings. The van der Waals surface area contributed by atoms with Gasteiger partial charge in [0.15, 0.2) is 0 Å². The van der Waals surface area contributed by atoms with Gasteiger partial charge in [0.1, 0.15) is 5.82 Å². The van der Waals surface area contributed by atoms with Crippen LogP contribution in [0.3, 0.4) is 0 Å².